The highest BCUT2D eigenvalue weighted by atomic mass is 14.4. The first kappa shape index (κ1) is 11.7. The Labute approximate surface area is 99.5 Å². The number of hydrogen-bond donors (Lipinski definition) is 0. The van der Waals surface area contributed by atoms with E-state index >= 15 is 0 Å². The number of nitrogens with zero attached hydrogens (tertiary/aromatic N) is 1. The summed E-state index contributed by atoms with van der Waals surface area (Å²) in [7, 11) is 0. The van der Waals surface area contributed by atoms with E-state index in [1.807, 2.05) is 0 Å². The zero-order valence-electron chi connectivity index (χ0n) is 10.5. The minimum Gasteiger partial charge on any atom is -0.198 e. The predicted octanol–water partition coefficient (Wildman–Crippen LogP) is 4.60. The molecule has 0 aromatic heterocycles. The van der Waals surface area contributed by atoms with Crippen molar-refractivity contribution >= 4 is 0 Å². The molecular weight excluding hydrogens is 194 g/mol. The van der Waals surface area contributed by atoms with Gasteiger partial charge in [0.15, 0.2) is 0 Å². The first-order valence-electron chi connectivity index (χ1n) is 6.70. The molecule has 0 saturated heterocycles. The maximum absolute atomic E-state index is 9.37. The summed E-state index contributed by atoms with van der Waals surface area (Å²) >= 11 is 0. The van der Waals surface area contributed by atoms with Crippen LogP contribution in [-0.2, 0) is 0 Å². The van der Waals surface area contributed by atoms with E-state index in [9.17, 15) is 5.26 Å². The van der Waals surface area contributed by atoms with Crippen molar-refractivity contribution in [2.75, 3.05) is 0 Å². The second-order valence-electron chi connectivity index (χ2n) is 6.12. The zero-order chi connectivity index (χ0) is 11.6. The first-order valence-corrected chi connectivity index (χ1v) is 6.70. The smallest absolute Gasteiger partial charge is 0.0689 e. The molecule has 2 aliphatic rings. The third-order valence-electron chi connectivity index (χ3n) is 5.01. The lowest BCUT2D eigenvalue weighted by Crippen LogP contribution is -2.20. The van der Waals surface area contributed by atoms with Crippen LogP contribution in [0.2, 0.25) is 0 Å². The van der Waals surface area contributed by atoms with Gasteiger partial charge in [-0.15, -0.1) is 0 Å². The van der Waals surface area contributed by atoms with E-state index < -0.39 is 0 Å². The number of hydrogen-bond acceptors (Lipinski definition) is 1. The molecule has 1 atom stereocenters. The highest BCUT2D eigenvalue weighted by molar-refractivity contribution is 5.14. The summed E-state index contributed by atoms with van der Waals surface area (Å²) < 4.78 is 0. The molecule has 0 aliphatic heterocycles. The van der Waals surface area contributed by atoms with Gasteiger partial charge in [-0.1, -0.05) is 31.9 Å². The van der Waals surface area contributed by atoms with Gasteiger partial charge in [0, 0.05) is 0 Å². The van der Waals surface area contributed by atoms with Crippen LogP contribution in [-0.4, -0.2) is 0 Å². The van der Waals surface area contributed by atoms with Crippen molar-refractivity contribution in [3.63, 3.8) is 0 Å². The number of allylic oxidation sites excluding steroid dienone is 1. The number of nitriles is 1. The molecule has 0 radical (unpaired) electrons. The molecule has 0 heterocycles. The highest BCUT2D eigenvalue weighted by Gasteiger charge is 2.38. The molecule has 0 aromatic rings. The quantitative estimate of drug-likeness (QED) is 0.634. The summed E-state index contributed by atoms with van der Waals surface area (Å²) in [6.45, 7) is 6.57. The maximum atomic E-state index is 9.37. The fourth-order valence-corrected chi connectivity index (χ4v) is 3.46. The van der Waals surface area contributed by atoms with Crippen molar-refractivity contribution < 1.29 is 0 Å². The van der Waals surface area contributed by atoms with Crippen LogP contribution in [0.5, 0.6) is 0 Å². The van der Waals surface area contributed by atoms with E-state index in [0.29, 0.717) is 5.41 Å². The minimum absolute atomic E-state index is 0.0197. The van der Waals surface area contributed by atoms with Gasteiger partial charge in [-0.2, -0.15) is 5.26 Å². The molecule has 88 valence electrons. The Morgan fingerprint density at radius 3 is 2.38 bits per heavy atom. The van der Waals surface area contributed by atoms with Crippen molar-refractivity contribution in [2.24, 2.45) is 10.8 Å². The Morgan fingerprint density at radius 2 is 1.88 bits per heavy atom. The second-order valence-corrected chi connectivity index (χ2v) is 6.12. The lowest BCUT2D eigenvalue weighted by atomic mass is 9.73. The second kappa shape index (κ2) is 4.24. The fraction of sp³-hybridized carbons (Fsp3) is 0.800. The van der Waals surface area contributed by atoms with Gasteiger partial charge < -0.3 is 0 Å². The summed E-state index contributed by atoms with van der Waals surface area (Å²) in [4.78, 5) is 0. The molecule has 1 heteroatoms. The molecule has 2 saturated carbocycles. The Balaban J connectivity index is 1.96. The van der Waals surface area contributed by atoms with E-state index in [1.165, 1.54) is 44.1 Å². The predicted molar refractivity (Wildman–Crippen MR) is 66.8 cm³/mol. The molecule has 0 spiro atoms. The first-order chi connectivity index (χ1) is 7.60. The molecule has 2 aliphatic carbocycles. The zero-order valence-corrected chi connectivity index (χ0v) is 10.5. The highest BCUT2D eigenvalue weighted by Crippen LogP contribution is 2.49. The van der Waals surface area contributed by atoms with Crippen molar-refractivity contribution in [3.8, 4) is 6.07 Å². The molecule has 2 rings (SSSR count). The van der Waals surface area contributed by atoms with Crippen LogP contribution < -0.4 is 0 Å². The lowest BCUT2D eigenvalue weighted by molar-refractivity contribution is 0.278. The van der Waals surface area contributed by atoms with Crippen LogP contribution in [0, 0.1) is 22.2 Å². The Kier molecular flexibility index (Phi) is 3.10. The molecule has 0 amide bonds. The molecule has 1 unspecified atom stereocenters. The summed E-state index contributed by atoms with van der Waals surface area (Å²) in [5.41, 5.74) is 1.79. The van der Waals surface area contributed by atoms with Crippen molar-refractivity contribution in [1.82, 2.24) is 0 Å². The SMILES string of the molecule is C=C1CCCC1(C)CCC1(C#N)CCCC1. The van der Waals surface area contributed by atoms with Gasteiger partial charge >= 0.3 is 0 Å². The summed E-state index contributed by atoms with van der Waals surface area (Å²) in [5.74, 6) is 0. The Morgan fingerprint density at radius 1 is 1.19 bits per heavy atom. The largest absolute Gasteiger partial charge is 0.198 e. The van der Waals surface area contributed by atoms with E-state index in [2.05, 4.69) is 19.6 Å². The third-order valence-corrected chi connectivity index (χ3v) is 5.01. The van der Waals surface area contributed by atoms with Crippen LogP contribution in [0.25, 0.3) is 0 Å². The van der Waals surface area contributed by atoms with Crippen molar-refractivity contribution in [2.45, 2.75) is 64.7 Å². The monoisotopic (exact) mass is 217 g/mol. The topological polar surface area (TPSA) is 23.8 Å². The Bertz CT molecular complexity index is 317. The van der Waals surface area contributed by atoms with Gasteiger partial charge in [0.05, 0.1) is 11.5 Å². The Hall–Kier alpha value is -0.770. The molecular formula is C15H23N. The molecule has 1 nitrogen and oxygen atoms in total. The van der Waals surface area contributed by atoms with E-state index in [4.69, 9.17) is 0 Å². The lowest BCUT2D eigenvalue weighted by Gasteiger charge is -2.30. The number of rotatable bonds is 3. The minimum atomic E-state index is 0.0197. The fourth-order valence-electron chi connectivity index (χ4n) is 3.46. The van der Waals surface area contributed by atoms with Gasteiger partial charge in [0.1, 0.15) is 0 Å². The van der Waals surface area contributed by atoms with Crippen LogP contribution in [0.4, 0.5) is 0 Å². The third kappa shape index (κ3) is 2.03. The van der Waals surface area contributed by atoms with E-state index in [0.717, 1.165) is 19.3 Å². The standard InChI is InChI=1S/C15H23N/c1-13-6-5-7-14(13,2)10-11-15(12-16)8-3-4-9-15/h1,3-11H2,2H3. The van der Waals surface area contributed by atoms with Gasteiger partial charge in [-0.3, -0.25) is 0 Å². The van der Waals surface area contributed by atoms with E-state index in [1.54, 1.807) is 0 Å². The van der Waals surface area contributed by atoms with Gasteiger partial charge in [0.25, 0.3) is 0 Å². The molecule has 2 fully saturated rings. The van der Waals surface area contributed by atoms with Crippen LogP contribution >= 0.6 is 0 Å². The average Bonchev–Trinajstić information content (AvgIpc) is 2.86. The van der Waals surface area contributed by atoms with Crippen molar-refractivity contribution in [1.29, 1.82) is 5.26 Å². The summed E-state index contributed by atoms with van der Waals surface area (Å²) in [6, 6.07) is 2.60. The van der Waals surface area contributed by atoms with Gasteiger partial charge in [0.2, 0.25) is 0 Å². The maximum Gasteiger partial charge on any atom is 0.0689 e. The molecule has 0 bridgehead atoms. The molecule has 0 aromatic carbocycles. The van der Waals surface area contributed by atoms with Crippen molar-refractivity contribution in [3.05, 3.63) is 12.2 Å². The molecule has 0 N–H and O–H groups in total. The van der Waals surface area contributed by atoms with Crippen LogP contribution in [0.3, 0.4) is 0 Å². The van der Waals surface area contributed by atoms with Crippen LogP contribution in [0.1, 0.15) is 64.7 Å². The van der Waals surface area contributed by atoms with Gasteiger partial charge in [-0.25, -0.2) is 0 Å². The average molecular weight is 217 g/mol. The molecule has 16 heavy (non-hydrogen) atoms. The summed E-state index contributed by atoms with van der Waals surface area (Å²) in [5, 5.41) is 9.37. The van der Waals surface area contributed by atoms with E-state index in [-0.39, 0.29) is 5.41 Å². The van der Waals surface area contributed by atoms with Crippen LogP contribution in [0.15, 0.2) is 12.2 Å². The normalized spacial score (nSPS) is 32.9. The van der Waals surface area contributed by atoms with Gasteiger partial charge in [-0.05, 0) is 50.4 Å². The summed E-state index contributed by atoms with van der Waals surface area (Å²) in [6.07, 6.45) is 10.8.